The minimum Gasteiger partial charge on any atom is -0.350 e. The number of benzene rings is 2. The van der Waals surface area contributed by atoms with E-state index in [0.717, 1.165) is 46.3 Å². The zero-order chi connectivity index (χ0) is 23.1. The Kier molecular flexibility index (Phi) is 5.28. The Morgan fingerprint density at radius 2 is 1.91 bits per heavy atom. The molecule has 2 aromatic heterocycles. The summed E-state index contributed by atoms with van der Waals surface area (Å²) in [7, 11) is 0. The van der Waals surface area contributed by atoms with E-state index in [-0.39, 0.29) is 36.3 Å². The summed E-state index contributed by atoms with van der Waals surface area (Å²) < 4.78 is 16.0. The maximum absolute atomic E-state index is 13.4. The van der Waals surface area contributed by atoms with Crippen molar-refractivity contribution in [3.63, 3.8) is 0 Å². The fourth-order valence-corrected chi connectivity index (χ4v) is 4.08. The van der Waals surface area contributed by atoms with Gasteiger partial charge < -0.3 is 5.32 Å². The number of hydrogen-bond acceptors (Lipinski definition) is 4. The summed E-state index contributed by atoms with van der Waals surface area (Å²) in [6, 6.07) is 11.9. The van der Waals surface area contributed by atoms with Gasteiger partial charge in [-0.2, -0.15) is 10.2 Å². The summed E-state index contributed by atoms with van der Waals surface area (Å²) in [6.07, 6.45) is 3.72. The highest BCUT2D eigenvalue weighted by atomic mass is 19.1. The summed E-state index contributed by atoms with van der Waals surface area (Å²) in [6.45, 7) is 4.05. The Bertz CT molecular complexity index is 1420. The minimum absolute atomic E-state index is 0.201. The van der Waals surface area contributed by atoms with Crippen LogP contribution in [0.1, 0.15) is 41.1 Å². The molecule has 0 unspecified atom stereocenters. The molecule has 4 aromatic rings. The van der Waals surface area contributed by atoms with E-state index in [1.54, 1.807) is 23.0 Å². The van der Waals surface area contributed by atoms with E-state index in [1.165, 1.54) is 16.8 Å². The molecule has 0 atom stereocenters. The second-order valence-corrected chi connectivity index (χ2v) is 8.63. The Balaban J connectivity index is 1.50. The number of amides is 1. The largest absolute Gasteiger partial charge is 0.350 e. The molecule has 0 saturated heterocycles. The van der Waals surface area contributed by atoms with Crippen LogP contribution in [0.15, 0.2) is 53.5 Å². The van der Waals surface area contributed by atoms with Gasteiger partial charge in [0, 0.05) is 17.8 Å². The van der Waals surface area contributed by atoms with Gasteiger partial charge in [-0.15, -0.1) is 0 Å². The van der Waals surface area contributed by atoms with Crippen LogP contribution in [0.25, 0.3) is 16.6 Å². The zero-order valence-electron chi connectivity index (χ0n) is 18.5. The number of carbonyl (C=O) groups excluding carboxylic acids is 1. The van der Waals surface area contributed by atoms with Crippen molar-refractivity contribution in [3.8, 4) is 5.69 Å². The first-order valence-electron chi connectivity index (χ1n) is 11.0. The van der Waals surface area contributed by atoms with Crippen LogP contribution in [0, 0.1) is 19.7 Å². The van der Waals surface area contributed by atoms with Crippen molar-refractivity contribution < 1.29 is 9.18 Å². The molecule has 0 radical (unpaired) electrons. The lowest BCUT2D eigenvalue weighted by atomic mass is 10.1. The number of aryl methyl sites for hydroxylation is 2. The lowest BCUT2D eigenvalue weighted by Gasteiger charge is -2.12. The van der Waals surface area contributed by atoms with Gasteiger partial charge in [-0.1, -0.05) is 29.8 Å². The molecule has 1 aliphatic rings. The summed E-state index contributed by atoms with van der Waals surface area (Å²) in [5.41, 5.74) is 4.62. The molecule has 2 heterocycles. The van der Waals surface area contributed by atoms with E-state index < -0.39 is 0 Å². The molecule has 7 nitrogen and oxygen atoms in total. The standard InChI is InChI=1S/C25H24FN5O2/c1-15-3-10-21(16(2)11-15)31-24-20(13-28-31)23(18-6-7-18)29-30(25(24)33)14-22(32)27-12-17-4-8-19(26)9-5-17/h3-5,8-11,13,18H,6-7,12,14H2,1-2H3,(H,27,32). The predicted octanol–water partition coefficient (Wildman–Crippen LogP) is 3.53. The Hall–Kier alpha value is -3.81. The number of carbonyl (C=O) groups is 1. The molecule has 1 fully saturated rings. The van der Waals surface area contributed by atoms with Crippen molar-refractivity contribution in [2.24, 2.45) is 0 Å². The summed E-state index contributed by atoms with van der Waals surface area (Å²) in [5.74, 6) is -0.395. The lowest BCUT2D eigenvalue weighted by Crippen LogP contribution is -2.34. The molecule has 0 bridgehead atoms. The van der Waals surface area contributed by atoms with Gasteiger partial charge >= 0.3 is 0 Å². The molecule has 168 valence electrons. The van der Waals surface area contributed by atoms with Gasteiger partial charge in [0.2, 0.25) is 5.91 Å². The third-order valence-corrected chi connectivity index (χ3v) is 5.95. The van der Waals surface area contributed by atoms with Crippen LogP contribution in [0.4, 0.5) is 4.39 Å². The molecule has 1 amide bonds. The van der Waals surface area contributed by atoms with Crippen LogP contribution >= 0.6 is 0 Å². The highest BCUT2D eigenvalue weighted by Crippen LogP contribution is 2.41. The molecule has 33 heavy (non-hydrogen) atoms. The van der Waals surface area contributed by atoms with Gasteiger partial charge in [-0.25, -0.2) is 13.8 Å². The van der Waals surface area contributed by atoms with E-state index in [0.29, 0.717) is 5.52 Å². The average molecular weight is 445 g/mol. The van der Waals surface area contributed by atoms with Crippen molar-refractivity contribution >= 4 is 16.8 Å². The quantitative estimate of drug-likeness (QED) is 0.492. The van der Waals surface area contributed by atoms with E-state index in [4.69, 9.17) is 0 Å². The average Bonchev–Trinajstić information content (AvgIpc) is 3.54. The van der Waals surface area contributed by atoms with Crippen LogP contribution in [0.3, 0.4) is 0 Å². The fourth-order valence-electron chi connectivity index (χ4n) is 4.08. The second-order valence-electron chi connectivity index (χ2n) is 8.63. The third kappa shape index (κ3) is 4.16. The normalized spacial score (nSPS) is 13.4. The first-order valence-corrected chi connectivity index (χ1v) is 11.0. The van der Waals surface area contributed by atoms with E-state index >= 15 is 0 Å². The highest BCUT2D eigenvalue weighted by Gasteiger charge is 2.30. The molecule has 1 N–H and O–H groups in total. The van der Waals surface area contributed by atoms with Crippen molar-refractivity contribution in [1.82, 2.24) is 24.9 Å². The first kappa shape index (κ1) is 21.1. The second kappa shape index (κ2) is 8.27. The van der Waals surface area contributed by atoms with Crippen molar-refractivity contribution in [2.75, 3.05) is 0 Å². The van der Waals surface area contributed by atoms with Gasteiger partial charge in [0.1, 0.15) is 17.9 Å². The van der Waals surface area contributed by atoms with E-state index in [2.05, 4.69) is 15.5 Å². The number of nitrogens with zero attached hydrogens (tertiary/aromatic N) is 4. The van der Waals surface area contributed by atoms with Crippen molar-refractivity contribution in [3.05, 3.63) is 87.2 Å². The van der Waals surface area contributed by atoms with Crippen LogP contribution in [0.5, 0.6) is 0 Å². The van der Waals surface area contributed by atoms with E-state index in [1.807, 2.05) is 32.0 Å². The number of aromatic nitrogens is 4. The number of halogens is 1. The van der Waals surface area contributed by atoms with Gasteiger partial charge in [0.15, 0.2) is 0 Å². The maximum atomic E-state index is 13.4. The Morgan fingerprint density at radius 1 is 1.15 bits per heavy atom. The van der Waals surface area contributed by atoms with Crippen molar-refractivity contribution in [2.45, 2.75) is 45.7 Å². The van der Waals surface area contributed by atoms with E-state index in [9.17, 15) is 14.0 Å². The third-order valence-electron chi connectivity index (χ3n) is 5.95. The zero-order valence-corrected chi connectivity index (χ0v) is 18.5. The maximum Gasteiger partial charge on any atom is 0.293 e. The summed E-state index contributed by atoms with van der Waals surface area (Å²) >= 11 is 0. The lowest BCUT2D eigenvalue weighted by molar-refractivity contribution is -0.122. The number of fused-ring (bicyclic) bond motifs is 1. The van der Waals surface area contributed by atoms with Gasteiger partial charge in [0.25, 0.3) is 5.56 Å². The minimum atomic E-state index is -0.358. The SMILES string of the molecule is Cc1ccc(-n2ncc3c(C4CC4)nn(CC(=O)NCc4ccc(F)cc4)c(=O)c32)c(C)c1. The molecule has 1 aliphatic carbocycles. The molecule has 0 spiro atoms. The van der Waals surface area contributed by atoms with Crippen LogP contribution in [-0.4, -0.2) is 25.5 Å². The highest BCUT2D eigenvalue weighted by molar-refractivity contribution is 5.83. The predicted molar refractivity (Wildman–Crippen MR) is 123 cm³/mol. The van der Waals surface area contributed by atoms with Gasteiger partial charge in [0.05, 0.1) is 17.6 Å². The van der Waals surface area contributed by atoms with Crippen LogP contribution in [-0.2, 0) is 17.9 Å². The fraction of sp³-hybridized carbons (Fsp3) is 0.280. The smallest absolute Gasteiger partial charge is 0.293 e. The molecular formula is C25H24FN5O2. The number of rotatable bonds is 6. The number of nitrogens with one attached hydrogen (secondary N) is 1. The molecule has 2 aromatic carbocycles. The molecule has 8 heteroatoms. The monoisotopic (exact) mass is 445 g/mol. The topological polar surface area (TPSA) is 81.8 Å². The molecular weight excluding hydrogens is 421 g/mol. The summed E-state index contributed by atoms with van der Waals surface area (Å²) in [5, 5.41) is 12.6. The van der Waals surface area contributed by atoms with Gasteiger partial charge in [-0.05, 0) is 56.0 Å². The first-order chi connectivity index (χ1) is 15.9. The Labute approximate surface area is 189 Å². The van der Waals surface area contributed by atoms with Crippen LogP contribution in [0.2, 0.25) is 0 Å². The molecule has 0 aliphatic heterocycles. The number of hydrogen-bond donors (Lipinski definition) is 1. The molecule has 5 rings (SSSR count). The summed E-state index contributed by atoms with van der Waals surface area (Å²) in [4.78, 5) is 26.0. The van der Waals surface area contributed by atoms with Crippen molar-refractivity contribution in [1.29, 1.82) is 0 Å². The van der Waals surface area contributed by atoms with Crippen LogP contribution < -0.4 is 10.9 Å². The molecule has 1 saturated carbocycles. The Morgan fingerprint density at radius 3 is 2.61 bits per heavy atom. The van der Waals surface area contributed by atoms with Gasteiger partial charge in [-0.3, -0.25) is 9.59 Å².